The van der Waals surface area contributed by atoms with Crippen molar-refractivity contribution in [3.63, 3.8) is 0 Å². The lowest BCUT2D eigenvalue weighted by atomic mass is 10.2. The zero-order chi connectivity index (χ0) is 10.3. The molecule has 2 heterocycles. The molecule has 4 heteroatoms. The summed E-state index contributed by atoms with van der Waals surface area (Å²) in [6, 6.07) is 0. The molecule has 15 heavy (non-hydrogen) atoms. The minimum absolute atomic E-state index is 0.940. The summed E-state index contributed by atoms with van der Waals surface area (Å²) in [5.74, 6) is 1.19. The molecule has 1 N–H and O–H groups in total. The maximum atomic E-state index is 4.52. The van der Waals surface area contributed by atoms with Gasteiger partial charge in [0.2, 0.25) is 0 Å². The van der Waals surface area contributed by atoms with E-state index in [1.54, 1.807) is 0 Å². The van der Waals surface area contributed by atoms with Gasteiger partial charge in [0.25, 0.3) is 0 Å². The second-order valence-corrected chi connectivity index (χ2v) is 3.87. The Morgan fingerprint density at radius 2 is 2.33 bits per heavy atom. The number of aromatic nitrogens is 2. The first-order valence-electron chi connectivity index (χ1n) is 5.68. The Morgan fingerprint density at radius 3 is 3.20 bits per heavy atom. The highest BCUT2D eigenvalue weighted by Gasteiger charge is 2.02. The number of aliphatic imine (C=N–C) groups is 1. The van der Waals surface area contributed by atoms with Crippen LogP contribution in [-0.2, 0) is 6.54 Å². The molecule has 0 amide bonds. The first-order chi connectivity index (χ1) is 7.45. The molecule has 0 aromatic carbocycles. The zero-order valence-electron chi connectivity index (χ0n) is 9.02. The Bertz CT molecular complexity index is 302. The first-order valence-corrected chi connectivity index (χ1v) is 5.68. The molecule has 0 atom stereocenters. The van der Waals surface area contributed by atoms with E-state index in [9.17, 15) is 0 Å². The third-order valence-corrected chi connectivity index (χ3v) is 2.63. The van der Waals surface area contributed by atoms with E-state index < -0.39 is 0 Å². The van der Waals surface area contributed by atoms with E-state index >= 15 is 0 Å². The maximum Gasteiger partial charge on any atom is 0.0963 e. The van der Waals surface area contributed by atoms with Crippen molar-refractivity contribution in [3.8, 4) is 0 Å². The van der Waals surface area contributed by atoms with Gasteiger partial charge in [0.15, 0.2) is 0 Å². The summed E-state index contributed by atoms with van der Waals surface area (Å²) in [6.45, 7) is 2.89. The fraction of sp³-hybridized carbons (Fsp3) is 0.636. The number of hydrogen-bond acceptors (Lipinski definition) is 3. The van der Waals surface area contributed by atoms with Gasteiger partial charge in [0.1, 0.15) is 0 Å². The van der Waals surface area contributed by atoms with Gasteiger partial charge in [0, 0.05) is 38.4 Å². The van der Waals surface area contributed by atoms with Crippen LogP contribution in [0.2, 0.25) is 0 Å². The maximum absolute atomic E-state index is 4.52. The summed E-state index contributed by atoms with van der Waals surface area (Å²) in [7, 11) is 0. The smallest absolute Gasteiger partial charge is 0.0963 e. The summed E-state index contributed by atoms with van der Waals surface area (Å²) in [5.41, 5.74) is 0. The van der Waals surface area contributed by atoms with Gasteiger partial charge in [-0.3, -0.25) is 4.99 Å². The lowest BCUT2D eigenvalue weighted by Crippen LogP contribution is -2.26. The van der Waals surface area contributed by atoms with Gasteiger partial charge in [-0.15, -0.1) is 0 Å². The number of imidazole rings is 1. The van der Waals surface area contributed by atoms with Gasteiger partial charge >= 0.3 is 0 Å². The Morgan fingerprint density at radius 1 is 1.33 bits per heavy atom. The van der Waals surface area contributed by atoms with Crippen molar-refractivity contribution in [3.05, 3.63) is 18.7 Å². The van der Waals surface area contributed by atoms with Crippen molar-refractivity contribution in [2.75, 3.05) is 13.1 Å². The van der Waals surface area contributed by atoms with E-state index in [1.807, 2.05) is 18.7 Å². The van der Waals surface area contributed by atoms with E-state index in [0.717, 1.165) is 26.1 Å². The van der Waals surface area contributed by atoms with Gasteiger partial charge in [-0.05, 0) is 12.8 Å². The molecule has 1 aromatic rings. The average Bonchev–Trinajstić information content (AvgIpc) is 2.62. The number of rotatable bonds is 3. The monoisotopic (exact) mass is 206 g/mol. The Labute approximate surface area is 90.4 Å². The van der Waals surface area contributed by atoms with Crippen LogP contribution in [-0.4, -0.2) is 28.5 Å². The van der Waals surface area contributed by atoms with Gasteiger partial charge in [-0.25, -0.2) is 4.98 Å². The van der Waals surface area contributed by atoms with E-state index in [2.05, 4.69) is 19.9 Å². The second-order valence-electron chi connectivity index (χ2n) is 3.87. The highest BCUT2D eigenvalue weighted by atomic mass is 15.1. The molecule has 0 saturated carbocycles. The SMILES string of the molecule is c1cn(CCNC2=NCCCCC2)cn1. The van der Waals surface area contributed by atoms with Crippen LogP contribution in [0.25, 0.3) is 0 Å². The highest BCUT2D eigenvalue weighted by Crippen LogP contribution is 2.05. The average molecular weight is 206 g/mol. The number of nitrogens with zero attached hydrogens (tertiary/aromatic N) is 3. The number of nitrogens with one attached hydrogen (secondary N) is 1. The van der Waals surface area contributed by atoms with Crippen LogP contribution in [0.1, 0.15) is 25.7 Å². The molecule has 1 aromatic heterocycles. The molecule has 0 unspecified atom stereocenters. The van der Waals surface area contributed by atoms with Crippen molar-refractivity contribution >= 4 is 5.84 Å². The van der Waals surface area contributed by atoms with Crippen LogP contribution < -0.4 is 5.32 Å². The van der Waals surface area contributed by atoms with E-state index in [0.29, 0.717) is 0 Å². The standard InChI is InChI=1S/C11H18N4/c1-2-4-11(13-5-3-1)14-7-9-15-8-6-12-10-15/h6,8,10H,1-5,7,9H2,(H,13,14). The summed E-state index contributed by atoms with van der Waals surface area (Å²) < 4.78 is 2.07. The van der Waals surface area contributed by atoms with Crippen molar-refractivity contribution in [1.82, 2.24) is 14.9 Å². The summed E-state index contributed by atoms with van der Waals surface area (Å²) in [4.78, 5) is 8.53. The lowest BCUT2D eigenvalue weighted by molar-refractivity contribution is 0.666. The molecule has 1 aliphatic heterocycles. The molecule has 1 aliphatic rings. The topological polar surface area (TPSA) is 42.2 Å². The van der Waals surface area contributed by atoms with Gasteiger partial charge in [0.05, 0.1) is 12.2 Å². The third-order valence-electron chi connectivity index (χ3n) is 2.63. The Balaban J connectivity index is 1.70. The van der Waals surface area contributed by atoms with Crippen LogP contribution in [0.4, 0.5) is 0 Å². The van der Waals surface area contributed by atoms with Crippen molar-refractivity contribution in [2.45, 2.75) is 32.2 Å². The minimum atomic E-state index is 0.940. The van der Waals surface area contributed by atoms with Crippen molar-refractivity contribution in [2.24, 2.45) is 4.99 Å². The highest BCUT2D eigenvalue weighted by molar-refractivity contribution is 5.82. The largest absolute Gasteiger partial charge is 0.372 e. The first kappa shape index (κ1) is 10.2. The number of hydrogen-bond donors (Lipinski definition) is 1. The molecule has 0 saturated heterocycles. The van der Waals surface area contributed by atoms with Crippen LogP contribution in [0.15, 0.2) is 23.7 Å². The van der Waals surface area contributed by atoms with Gasteiger partial charge < -0.3 is 9.88 Å². The van der Waals surface area contributed by atoms with Gasteiger partial charge in [-0.2, -0.15) is 0 Å². The quantitative estimate of drug-likeness (QED) is 0.813. The summed E-state index contributed by atoms with van der Waals surface area (Å²) >= 11 is 0. The number of amidine groups is 1. The van der Waals surface area contributed by atoms with E-state index in [4.69, 9.17) is 0 Å². The van der Waals surface area contributed by atoms with Crippen LogP contribution in [0, 0.1) is 0 Å². The van der Waals surface area contributed by atoms with E-state index in [-0.39, 0.29) is 0 Å². The fourth-order valence-corrected chi connectivity index (χ4v) is 1.77. The van der Waals surface area contributed by atoms with Gasteiger partial charge in [-0.1, -0.05) is 6.42 Å². The molecule has 0 radical (unpaired) electrons. The second kappa shape index (κ2) is 5.53. The zero-order valence-corrected chi connectivity index (χ0v) is 9.02. The van der Waals surface area contributed by atoms with E-state index in [1.165, 1.54) is 25.1 Å². The predicted octanol–water partition coefficient (Wildman–Crippen LogP) is 1.45. The molecule has 0 bridgehead atoms. The molecule has 0 spiro atoms. The summed E-state index contributed by atoms with van der Waals surface area (Å²) in [6.07, 6.45) is 10.6. The minimum Gasteiger partial charge on any atom is -0.372 e. The molecular weight excluding hydrogens is 188 g/mol. The molecule has 0 fully saturated rings. The Hall–Kier alpha value is -1.32. The summed E-state index contributed by atoms with van der Waals surface area (Å²) in [5, 5.41) is 3.40. The lowest BCUT2D eigenvalue weighted by Gasteiger charge is -2.08. The normalized spacial score (nSPS) is 16.9. The van der Waals surface area contributed by atoms with Crippen LogP contribution in [0.5, 0.6) is 0 Å². The van der Waals surface area contributed by atoms with Crippen molar-refractivity contribution < 1.29 is 0 Å². The predicted molar refractivity (Wildman–Crippen MR) is 61.0 cm³/mol. The third kappa shape index (κ3) is 3.38. The molecule has 0 aliphatic carbocycles. The van der Waals surface area contributed by atoms with Crippen molar-refractivity contribution in [1.29, 1.82) is 0 Å². The Kier molecular flexibility index (Phi) is 3.77. The van der Waals surface area contributed by atoms with Crippen LogP contribution in [0.3, 0.4) is 0 Å². The van der Waals surface area contributed by atoms with Crippen LogP contribution >= 0.6 is 0 Å². The molecular formula is C11H18N4. The fourth-order valence-electron chi connectivity index (χ4n) is 1.77. The molecule has 4 nitrogen and oxygen atoms in total. The molecule has 2 rings (SSSR count). The molecule has 82 valence electrons.